The summed E-state index contributed by atoms with van der Waals surface area (Å²) in [4.78, 5) is 3.78. The van der Waals surface area contributed by atoms with Crippen LogP contribution in [0.2, 0.25) is 0 Å². The molecule has 3 N–H and O–H groups in total. The number of nitrogens with one attached hydrogen (secondary N) is 1. The van der Waals surface area contributed by atoms with Crippen molar-refractivity contribution >= 4 is 15.7 Å². The molecule has 8 heteroatoms. The van der Waals surface area contributed by atoms with Crippen LogP contribution in [0, 0.1) is 0 Å². The van der Waals surface area contributed by atoms with Crippen LogP contribution >= 0.6 is 0 Å². The van der Waals surface area contributed by atoms with Crippen molar-refractivity contribution in [3.05, 3.63) is 36.3 Å². The molecule has 2 aromatic heterocycles. The van der Waals surface area contributed by atoms with Crippen molar-refractivity contribution in [1.82, 2.24) is 19.5 Å². The Morgan fingerprint density at radius 1 is 1.42 bits per heavy atom. The maximum Gasteiger partial charge on any atom is 0.260 e. The Kier molecular flexibility index (Phi) is 3.82. The second-order valence-electron chi connectivity index (χ2n) is 4.03. The fraction of sp³-hybridized carbons (Fsp3) is 0.273. The van der Waals surface area contributed by atoms with Gasteiger partial charge in [-0.15, -0.1) is 0 Å². The van der Waals surface area contributed by atoms with E-state index in [4.69, 9.17) is 5.73 Å². The van der Waals surface area contributed by atoms with Crippen molar-refractivity contribution in [3.63, 3.8) is 0 Å². The molecule has 0 radical (unpaired) electrons. The van der Waals surface area contributed by atoms with Crippen LogP contribution in [0.3, 0.4) is 0 Å². The first-order valence-corrected chi connectivity index (χ1v) is 7.16. The fourth-order valence-corrected chi connectivity index (χ4v) is 2.69. The van der Waals surface area contributed by atoms with Gasteiger partial charge in [0.2, 0.25) is 0 Å². The molecule has 0 saturated carbocycles. The van der Waals surface area contributed by atoms with Gasteiger partial charge in [-0.2, -0.15) is 5.10 Å². The zero-order valence-corrected chi connectivity index (χ0v) is 11.3. The van der Waals surface area contributed by atoms with Gasteiger partial charge in [-0.3, -0.25) is 4.68 Å². The first-order valence-electron chi connectivity index (χ1n) is 5.68. The lowest BCUT2D eigenvalue weighted by Gasteiger charge is -2.06. The summed E-state index contributed by atoms with van der Waals surface area (Å²) in [6.07, 6.45) is 3.71. The SMILES string of the molecule is Cn1ccc(CCNS(=O)(=O)c2ncccc2N)n1. The van der Waals surface area contributed by atoms with Gasteiger partial charge in [0, 0.05) is 32.4 Å². The Labute approximate surface area is 111 Å². The molecule has 0 atom stereocenters. The molecule has 2 rings (SSSR count). The molecule has 0 amide bonds. The summed E-state index contributed by atoms with van der Waals surface area (Å²) in [7, 11) is -1.87. The summed E-state index contributed by atoms with van der Waals surface area (Å²) in [5, 5.41) is 4.02. The maximum absolute atomic E-state index is 12.0. The monoisotopic (exact) mass is 281 g/mol. The number of rotatable bonds is 5. The lowest BCUT2D eigenvalue weighted by atomic mass is 10.3. The molecular weight excluding hydrogens is 266 g/mol. The molecule has 7 nitrogen and oxygen atoms in total. The van der Waals surface area contributed by atoms with Crippen molar-refractivity contribution in [2.45, 2.75) is 11.4 Å². The van der Waals surface area contributed by atoms with Crippen LogP contribution in [0.5, 0.6) is 0 Å². The summed E-state index contributed by atoms with van der Waals surface area (Å²) < 4.78 is 28.1. The van der Waals surface area contributed by atoms with E-state index in [0.717, 1.165) is 5.69 Å². The van der Waals surface area contributed by atoms with Crippen molar-refractivity contribution in [1.29, 1.82) is 0 Å². The van der Waals surface area contributed by atoms with Gasteiger partial charge in [-0.25, -0.2) is 18.1 Å². The van der Waals surface area contributed by atoms with Crippen LogP contribution in [0.4, 0.5) is 5.69 Å². The van der Waals surface area contributed by atoms with Crippen molar-refractivity contribution < 1.29 is 8.42 Å². The summed E-state index contributed by atoms with van der Waals surface area (Å²) in [6, 6.07) is 4.92. The van der Waals surface area contributed by atoms with Gasteiger partial charge >= 0.3 is 0 Å². The predicted molar refractivity (Wildman–Crippen MR) is 70.7 cm³/mol. The molecule has 0 bridgehead atoms. The van der Waals surface area contributed by atoms with Gasteiger partial charge in [-0.05, 0) is 18.2 Å². The minimum absolute atomic E-state index is 0.132. The number of anilines is 1. The van der Waals surface area contributed by atoms with E-state index < -0.39 is 10.0 Å². The largest absolute Gasteiger partial charge is 0.396 e. The molecule has 2 aromatic rings. The van der Waals surface area contributed by atoms with Gasteiger partial charge < -0.3 is 5.73 Å². The number of sulfonamides is 1. The zero-order valence-electron chi connectivity index (χ0n) is 10.4. The Bertz CT molecular complexity index is 665. The number of pyridine rings is 1. The Hall–Kier alpha value is -1.93. The van der Waals surface area contributed by atoms with Gasteiger partial charge in [-0.1, -0.05) is 0 Å². The molecule has 0 aliphatic carbocycles. The Morgan fingerprint density at radius 2 is 2.21 bits per heavy atom. The lowest BCUT2D eigenvalue weighted by molar-refractivity contribution is 0.577. The highest BCUT2D eigenvalue weighted by molar-refractivity contribution is 7.89. The predicted octanol–water partition coefficient (Wildman–Crippen LogP) is -0.0817. The minimum atomic E-state index is -3.67. The van der Waals surface area contributed by atoms with E-state index >= 15 is 0 Å². The zero-order chi connectivity index (χ0) is 13.9. The van der Waals surface area contributed by atoms with E-state index in [1.54, 1.807) is 16.9 Å². The topological polar surface area (TPSA) is 103 Å². The van der Waals surface area contributed by atoms with Crippen LogP contribution in [-0.2, 0) is 23.5 Å². The lowest BCUT2D eigenvalue weighted by Crippen LogP contribution is -2.27. The summed E-state index contributed by atoms with van der Waals surface area (Å²) >= 11 is 0. The van der Waals surface area contributed by atoms with E-state index in [-0.39, 0.29) is 17.3 Å². The normalized spacial score (nSPS) is 11.6. The number of nitrogen functional groups attached to an aromatic ring is 1. The molecule has 19 heavy (non-hydrogen) atoms. The van der Waals surface area contributed by atoms with Crippen molar-refractivity contribution in [3.8, 4) is 0 Å². The van der Waals surface area contributed by atoms with Crippen molar-refractivity contribution in [2.75, 3.05) is 12.3 Å². The van der Waals surface area contributed by atoms with Crippen LogP contribution in [0.1, 0.15) is 5.69 Å². The third kappa shape index (κ3) is 3.30. The number of aryl methyl sites for hydroxylation is 1. The maximum atomic E-state index is 12.0. The number of hydrogen-bond donors (Lipinski definition) is 2. The van der Waals surface area contributed by atoms with E-state index in [1.165, 1.54) is 12.3 Å². The third-order valence-corrected chi connectivity index (χ3v) is 3.93. The quantitative estimate of drug-likeness (QED) is 0.798. The highest BCUT2D eigenvalue weighted by atomic mass is 32.2. The standard InChI is InChI=1S/C11H15N5O2S/c1-16-8-5-9(15-16)4-7-14-19(17,18)11-10(12)3-2-6-13-11/h2-3,5-6,8,14H,4,7,12H2,1H3. The molecule has 0 aliphatic rings. The molecule has 102 valence electrons. The number of nitrogens with two attached hydrogens (primary N) is 1. The average molecular weight is 281 g/mol. The molecule has 0 aromatic carbocycles. The summed E-state index contributed by atoms with van der Waals surface area (Å²) in [6.45, 7) is 0.245. The smallest absolute Gasteiger partial charge is 0.260 e. The van der Waals surface area contributed by atoms with E-state index in [9.17, 15) is 8.42 Å². The molecule has 0 unspecified atom stereocenters. The Morgan fingerprint density at radius 3 is 2.84 bits per heavy atom. The van der Waals surface area contributed by atoms with Crippen LogP contribution < -0.4 is 10.5 Å². The second-order valence-corrected chi connectivity index (χ2v) is 5.71. The fourth-order valence-electron chi connectivity index (χ4n) is 1.61. The Balaban J connectivity index is 2.01. The minimum Gasteiger partial charge on any atom is -0.396 e. The molecule has 0 saturated heterocycles. The number of nitrogens with zero attached hydrogens (tertiary/aromatic N) is 3. The number of hydrogen-bond acceptors (Lipinski definition) is 5. The average Bonchev–Trinajstić information content (AvgIpc) is 2.75. The summed E-state index contributed by atoms with van der Waals surface area (Å²) in [5.74, 6) is 0. The number of aromatic nitrogens is 3. The molecular formula is C11H15N5O2S. The first kappa shape index (κ1) is 13.5. The van der Waals surface area contributed by atoms with E-state index in [1.807, 2.05) is 13.1 Å². The highest BCUT2D eigenvalue weighted by Crippen LogP contribution is 2.13. The van der Waals surface area contributed by atoms with Crippen LogP contribution in [0.25, 0.3) is 0 Å². The van der Waals surface area contributed by atoms with Gasteiger partial charge in [0.25, 0.3) is 10.0 Å². The molecule has 0 spiro atoms. The second kappa shape index (κ2) is 5.37. The van der Waals surface area contributed by atoms with Crippen molar-refractivity contribution in [2.24, 2.45) is 7.05 Å². The molecule has 0 aliphatic heterocycles. The van der Waals surface area contributed by atoms with Gasteiger partial charge in [0.05, 0.1) is 11.4 Å². The molecule has 0 fully saturated rings. The van der Waals surface area contributed by atoms with Crippen LogP contribution in [0.15, 0.2) is 35.6 Å². The van der Waals surface area contributed by atoms with E-state index in [0.29, 0.717) is 6.42 Å². The third-order valence-electron chi connectivity index (χ3n) is 2.50. The van der Waals surface area contributed by atoms with Crippen LogP contribution in [-0.4, -0.2) is 29.7 Å². The van der Waals surface area contributed by atoms with Gasteiger partial charge in [0.1, 0.15) is 0 Å². The van der Waals surface area contributed by atoms with Gasteiger partial charge in [0.15, 0.2) is 5.03 Å². The highest BCUT2D eigenvalue weighted by Gasteiger charge is 2.18. The molecule has 2 heterocycles. The summed E-state index contributed by atoms with van der Waals surface area (Å²) in [5.41, 5.74) is 6.55. The first-order chi connectivity index (χ1) is 8.99. The van der Waals surface area contributed by atoms with E-state index in [2.05, 4.69) is 14.8 Å².